The largest absolute Gasteiger partial charge is 0.379 e. The van der Waals surface area contributed by atoms with Crippen molar-refractivity contribution in [1.82, 2.24) is 4.90 Å². The molecule has 35 heavy (non-hydrogen) atoms. The summed E-state index contributed by atoms with van der Waals surface area (Å²) < 4.78 is 29.9. The van der Waals surface area contributed by atoms with E-state index >= 15 is 0 Å². The van der Waals surface area contributed by atoms with Gasteiger partial charge in [-0.15, -0.1) is 0 Å². The molecule has 2 amide bonds. The van der Waals surface area contributed by atoms with Crippen LogP contribution in [-0.2, 0) is 21.5 Å². The highest BCUT2D eigenvalue weighted by Gasteiger charge is 2.36. The molecule has 0 atom stereocenters. The Labute approximate surface area is 209 Å². The highest BCUT2D eigenvalue weighted by atomic mass is 35.5. The number of carbonyl (C=O) groups is 2. The zero-order valence-corrected chi connectivity index (χ0v) is 20.0. The molecule has 0 unspecified atom stereocenters. The van der Waals surface area contributed by atoms with E-state index in [2.05, 4.69) is 0 Å². The quantitative estimate of drug-likeness (QED) is 0.175. The monoisotopic (exact) mass is 530 g/mol. The Bertz CT molecular complexity index is 1450. The van der Waals surface area contributed by atoms with Gasteiger partial charge >= 0.3 is 10.1 Å². The number of halogens is 1. The van der Waals surface area contributed by atoms with E-state index in [1.807, 2.05) is 0 Å². The third-order valence-corrected chi connectivity index (χ3v) is 7.30. The van der Waals surface area contributed by atoms with Crippen molar-refractivity contribution < 1.29 is 27.1 Å². The molecule has 3 aromatic carbocycles. The number of hydrogen-bond donors (Lipinski definition) is 0. The van der Waals surface area contributed by atoms with Crippen molar-refractivity contribution in [2.45, 2.75) is 11.4 Å². The molecule has 0 aromatic heterocycles. The summed E-state index contributed by atoms with van der Waals surface area (Å²) in [5.41, 5.74) is 0.585. The van der Waals surface area contributed by atoms with Crippen LogP contribution in [0.1, 0.15) is 11.1 Å². The number of nitro benzene ring substituents is 1. The average Bonchev–Trinajstić information content (AvgIpc) is 3.08. The third kappa shape index (κ3) is 5.53. The second-order valence-corrected chi connectivity index (χ2v) is 10.2. The smallest absolute Gasteiger partial charge is 0.339 e. The first-order chi connectivity index (χ1) is 16.6. The number of nitrogens with zero attached hydrogens (tertiary/aromatic N) is 2. The predicted octanol–water partition coefficient (Wildman–Crippen LogP) is 5.25. The number of carbonyl (C=O) groups excluding carboxylic acids is 2. The summed E-state index contributed by atoms with van der Waals surface area (Å²) in [5.74, 6) is -0.523. The van der Waals surface area contributed by atoms with E-state index in [0.717, 1.165) is 4.90 Å². The van der Waals surface area contributed by atoms with Crippen LogP contribution >= 0.6 is 23.4 Å². The van der Waals surface area contributed by atoms with E-state index in [9.17, 15) is 28.1 Å². The first-order valence-electron chi connectivity index (χ1n) is 9.92. The molecule has 1 heterocycles. The SMILES string of the molecule is O=C1S/C(=C\c2ccc(OS(=O)(=O)c3ccc(Cl)cc3)cc2)C(=O)N1Cc1ccccc1[N+](=O)[O-]. The van der Waals surface area contributed by atoms with Crippen LogP contribution in [0.4, 0.5) is 10.5 Å². The molecule has 0 bridgehead atoms. The second kappa shape index (κ2) is 9.90. The van der Waals surface area contributed by atoms with Gasteiger partial charge in [-0.2, -0.15) is 8.42 Å². The minimum atomic E-state index is -4.06. The van der Waals surface area contributed by atoms with Gasteiger partial charge in [0, 0.05) is 16.7 Å². The standard InChI is InChI=1S/C23H15ClN2O7S2/c24-17-7-11-19(12-8-17)35(31,32)33-18-9-5-15(6-10-18)13-21-22(27)25(23(28)34-21)14-16-3-1-2-4-20(16)26(29)30/h1-13H,14H2/b21-13-. The lowest BCUT2D eigenvalue weighted by atomic mass is 10.1. The molecule has 1 fully saturated rings. The Balaban J connectivity index is 1.48. The maximum atomic E-state index is 12.8. The molecule has 12 heteroatoms. The molecule has 3 aromatic rings. The first kappa shape index (κ1) is 24.5. The molecular weight excluding hydrogens is 516 g/mol. The van der Waals surface area contributed by atoms with Crippen LogP contribution < -0.4 is 4.18 Å². The van der Waals surface area contributed by atoms with E-state index in [4.69, 9.17) is 15.8 Å². The summed E-state index contributed by atoms with van der Waals surface area (Å²) in [7, 11) is -4.06. The Morgan fingerprint density at radius 1 is 1.00 bits per heavy atom. The molecule has 1 aliphatic rings. The molecule has 1 saturated heterocycles. The number of para-hydroxylation sites is 1. The molecule has 4 rings (SSSR count). The maximum absolute atomic E-state index is 12.8. The third-order valence-electron chi connectivity index (χ3n) is 4.88. The van der Waals surface area contributed by atoms with Gasteiger partial charge in [-0.25, -0.2) is 0 Å². The van der Waals surface area contributed by atoms with Crippen molar-refractivity contribution >= 4 is 56.4 Å². The summed E-state index contributed by atoms with van der Waals surface area (Å²) in [6.07, 6.45) is 1.47. The van der Waals surface area contributed by atoms with Crippen LogP contribution in [0.3, 0.4) is 0 Å². The predicted molar refractivity (Wildman–Crippen MR) is 130 cm³/mol. The highest BCUT2D eigenvalue weighted by molar-refractivity contribution is 8.18. The van der Waals surface area contributed by atoms with Crippen molar-refractivity contribution in [2.24, 2.45) is 0 Å². The van der Waals surface area contributed by atoms with Gasteiger partial charge in [0.1, 0.15) is 10.6 Å². The molecule has 0 saturated carbocycles. The molecule has 178 valence electrons. The van der Waals surface area contributed by atoms with Crippen LogP contribution in [0, 0.1) is 10.1 Å². The van der Waals surface area contributed by atoms with Crippen LogP contribution in [-0.4, -0.2) is 29.4 Å². The van der Waals surface area contributed by atoms with Crippen LogP contribution in [0.25, 0.3) is 6.08 Å². The summed E-state index contributed by atoms with van der Waals surface area (Å²) in [4.78, 5) is 36.8. The number of thioether (sulfide) groups is 1. The zero-order chi connectivity index (χ0) is 25.2. The molecular formula is C23H15ClN2O7S2. The number of rotatable bonds is 7. The summed E-state index contributed by atoms with van der Waals surface area (Å²) in [5, 5.41) is 11.1. The van der Waals surface area contributed by atoms with Gasteiger partial charge in [-0.05, 0) is 59.8 Å². The summed E-state index contributed by atoms with van der Waals surface area (Å²) in [6.45, 7) is -0.228. The van der Waals surface area contributed by atoms with Crippen molar-refractivity contribution in [2.75, 3.05) is 0 Å². The second-order valence-electron chi connectivity index (χ2n) is 7.21. The number of hydrogen-bond acceptors (Lipinski definition) is 8. The zero-order valence-electron chi connectivity index (χ0n) is 17.7. The first-order valence-corrected chi connectivity index (χ1v) is 12.5. The topological polar surface area (TPSA) is 124 Å². The molecule has 9 nitrogen and oxygen atoms in total. The lowest BCUT2D eigenvalue weighted by Crippen LogP contribution is -2.27. The Hall–Kier alpha value is -3.67. The fourth-order valence-corrected chi connectivity index (χ4v) is 5.07. The number of imide groups is 1. The van der Waals surface area contributed by atoms with E-state index in [-0.39, 0.29) is 33.3 Å². The molecule has 1 aliphatic heterocycles. The van der Waals surface area contributed by atoms with Crippen molar-refractivity contribution in [3.63, 3.8) is 0 Å². The van der Waals surface area contributed by atoms with Crippen LogP contribution in [0.2, 0.25) is 5.02 Å². The molecule has 0 N–H and O–H groups in total. The number of amides is 2. The van der Waals surface area contributed by atoms with E-state index < -0.39 is 26.2 Å². The van der Waals surface area contributed by atoms with Gasteiger partial charge in [0.05, 0.1) is 16.4 Å². The van der Waals surface area contributed by atoms with Gasteiger partial charge in [-0.3, -0.25) is 24.6 Å². The van der Waals surface area contributed by atoms with Crippen molar-refractivity contribution in [3.05, 3.63) is 104 Å². The Morgan fingerprint density at radius 3 is 2.31 bits per heavy atom. The maximum Gasteiger partial charge on any atom is 0.339 e. The lowest BCUT2D eigenvalue weighted by molar-refractivity contribution is -0.385. The van der Waals surface area contributed by atoms with Gasteiger partial charge in [0.2, 0.25) is 0 Å². The highest BCUT2D eigenvalue weighted by Crippen LogP contribution is 2.34. The number of nitro groups is 1. The van der Waals surface area contributed by atoms with Gasteiger partial charge in [0.15, 0.2) is 0 Å². The minimum absolute atomic E-state index is 0.0570. The molecule has 0 spiro atoms. The summed E-state index contributed by atoms with van der Waals surface area (Å²) in [6, 6.07) is 17.3. The van der Waals surface area contributed by atoms with Gasteiger partial charge in [-0.1, -0.05) is 41.9 Å². The van der Waals surface area contributed by atoms with E-state index in [1.165, 1.54) is 72.8 Å². The Kier molecular flexibility index (Phi) is 6.92. The van der Waals surface area contributed by atoms with Crippen LogP contribution in [0.15, 0.2) is 82.6 Å². The average molecular weight is 531 g/mol. The normalized spacial score (nSPS) is 15.0. The fraction of sp³-hybridized carbons (Fsp3) is 0.0435. The molecule has 0 aliphatic carbocycles. The van der Waals surface area contributed by atoms with Crippen molar-refractivity contribution in [3.8, 4) is 5.75 Å². The summed E-state index contributed by atoms with van der Waals surface area (Å²) >= 11 is 6.49. The van der Waals surface area contributed by atoms with E-state index in [0.29, 0.717) is 22.3 Å². The van der Waals surface area contributed by atoms with E-state index in [1.54, 1.807) is 6.07 Å². The van der Waals surface area contributed by atoms with Crippen molar-refractivity contribution in [1.29, 1.82) is 0 Å². The van der Waals surface area contributed by atoms with Gasteiger partial charge in [0.25, 0.3) is 16.8 Å². The number of benzene rings is 3. The lowest BCUT2D eigenvalue weighted by Gasteiger charge is -2.12. The fourth-order valence-electron chi connectivity index (χ4n) is 3.18. The van der Waals surface area contributed by atoms with Crippen LogP contribution in [0.5, 0.6) is 5.75 Å². The molecule has 0 radical (unpaired) electrons. The minimum Gasteiger partial charge on any atom is -0.379 e. The Morgan fingerprint density at radius 2 is 1.66 bits per heavy atom. The van der Waals surface area contributed by atoms with Gasteiger partial charge < -0.3 is 4.18 Å².